The quantitative estimate of drug-likeness (QED) is 0.324. The first-order chi connectivity index (χ1) is 3.93. The van der Waals surface area contributed by atoms with Crippen LogP contribution in [-0.4, -0.2) is 4.98 Å². The predicted octanol–water partition coefficient (Wildman–Crippen LogP) is -1.34. The number of nitrogens with zero attached hydrogens (tertiary/aromatic N) is 1. The molecule has 1 nitrogen and oxygen atoms in total. The molecule has 0 aliphatic heterocycles. The SMILES string of the molecule is C[CH-]c1ccccn1.[Li+]. The van der Waals surface area contributed by atoms with Gasteiger partial charge in [0.2, 0.25) is 0 Å². The fourth-order valence-corrected chi connectivity index (χ4v) is 0.547. The third kappa shape index (κ3) is 2.60. The number of pyridine rings is 1. The third-order valence-corrected chi connectivity index (χ3v) is 0.984. The van der Waals surface area contributed by atoms with Crippen LogP contribution < -0.4 is 18.9 Å². The molecule has 0 fully saturated rings. The molecule has 0 saturated carbocycles. The number of aromatic nitrogens is 1. The summed E-state index contributed by atoms with van der Waals surface area (Å²) in [5.74, 6) is 0. The molecule has 1 aromatic rings. The van der Waals surface area contributed by atoms with Crippen LogP contribution in [0.5, 0.6) is 0 Å². The number of hydrogen-bond acceptors (Lipinski definition) is 1. The molecular formula is C7H8LiN. The average molecular weight is 113 g/mol. The standard InChI is InChI=1S/C7H8N.Li/c1-2-7-5-3-4-6-8-7;/h2-6H,1H3;/q-1;+1. The minimum atomic E-state index is 0. The molecule has 0 atom stereocenters. The van der Waals surface area contributed by atoms with E-state index in [2.05, 4.69) is 4.98 Å². The van der Waals surface area contributed by atoms with E-state index in [1.165, 1.54) is 0 Å². The van der Waals surface area contributed by atoms with Crippen LogP contribution in [0.25, 0.3) is 0 Å². The summed E-state index contributed by atoms with van der Waals surface area (Å²) >= 11 is 0. The van der Waals surface area contributed by atoms with Crippen LogP contribution in [0.15, 0.2) is 24.4 Å². The second-order valence-corrected chi connectivity index (χ2v) is 1.54. The Kier molecular flexibility index (Phi) is 4.30. The minimum absolute atomic E-state index is 0. The predicted molar refractivity (Wildman–Crippen MR) is 33.3 cm³/mol. The molecule has 1 heterocycles. The van der Waals surface area contributed by atoms with Gasteiger partial charge < -0.3 is 0 Å². The summed E-state index contributed by atoms with van der Waals surface area (Å²) in [6.07, 6.45) is 3.76. The van der Waals surface area contributed by atoms with Gasteiger partial charge in [-0.25, -0.2) is 6.42 Å². The Bertz CT molecular complexity index is 150. The van der Waals surface area contributed by atoms with Crippen molar-refractivity contribution in [3.8, 4) is 0 Å². The molecule has 42 valence electrons. The molecule has 0 unspecified atom stereocenters. The van der Waals surface area contributed by atoms with Crippen LogP contribution in [0.4, 0.5) is 0 Å². The van der Waals surface area contributed by atoms with E-state index in [-0.39, 0.29) is 18.9 Å². The molecule has 2 heteroatoms. The van der Waals surface area contributed by atoms with Crippen LogP contribution in [0, 0.1) is 6.42 Å². The van der Waals surface area contributed by atoms with E-state index in [0.717, 1.165) is 5.69 Å². The van der Waals surface area contributed by atoms with E-state index in [0.29, 0.717) is 0 Å². The Morgan fingerprint density at radius 3 is 2.56 bits per heavy atom. The maximum absolute atomic E-state index is 4.04. The van der Waals surface area contributed by atoms with Gasteiger partial charge in [0.05, 0.1) is 0 Å². The first-order valence-electron chi connectivity index (χ1n) is 2.64. The Morgan fingerprint density at radius 2 is 2.22 bits per heavy atom. The normalized spacial score (nSPS) is 7.67. The molecule has 0 saturated heterocycles. The van der Waals surface area contributed by atoms with Gasteiger partial charge >= 0.3 is 18.9 Å². The van der Waals surface area contributed by atoms with Gasteiger partial charge in [-0.1, -0.05) is 11.8 Å². The van der Waals surface area contributed by atoms with Gasteiger partial charge in [0, 0.05) is 6.20 Å². The molecule has 0 spiro atoms. The van der Waals surface area contributed by atoms with Gasteiger partial charge in [-0.2, -0.15) is 6.07 Å². The molecule has 0 amide bonds. The molecule has 0 aromatic carbocycles. The molecule has 1 rings (SSSR count). The van der Waals surface area contributed by atoms with E-state index in [1.54, 1.807) is 6.20 Å². The zero-order valence-electron chi connectivity index (χ0n) is 5.83. The van der Waals surface area contributed by atoms with Crippen LogP contribution in [0.2, 0.25) is 0 Å². The summed E-state index contributed by atoms with van der Waals surface area (Å²) in [6, 6.07) is 5.86. The first-order valence-corrected chi connectivity index (χ1v) is 2.64. The maximum atomic E-state index is 4.04. The van der Waals surface area contributed by atoms with Crippen molar-refractivity contribution in [3.05, 3.63) is 36.5 Å². The topological polar surface area (TPSA) is 12.9 Å². The summed E-state index contributed by atoms with van der Waals surface area (Å²) in [5, 5.41) is 0. The van der Waals surface area contributed by atoms with Gasteiger partial charge in [0.15, 0.2) is 0 Å². The average Bonchev–Trinajstić information content (AvgIpc) is 1.90. The summed E-state index contributed by atoms with van der Waals surface area (Å²) < 4.78 is 0. The molecule has 9 heavy (non-hydrogen) atoms. The van der Waals surface area contributed by atoms with Gasteiger partial charge in [-0.15, -0.1) is 13.0 Å². The van der Waals surface area contributed by atoms with E-state index in [9.17, 15) is 0 Å². The molecule has 0 aliphatic rings. The largest absolute Gasteiger partial charge is 1.00 e. The Hall–Kier alpha value is -0.383. The monoisotopic (exact) mass is 113 g/mol. The van der Waals surface area contributed by atoms with Gasteiger partial charge in [0.1, 0.15) is 0 Å². The molecule has 0 aliphatic carbocycles. The zero-order chi connectivity index (χ0) is 5.82. The van der Waals surface area contributed by atoms with Gasteiger partial charge in [-0.05, 0) is 0 Å². The Balaban J connectivity index is 0.000000640. The second kappa shape index (κ2) is 4.49. The van der Waals surface area contributed by atoms with Crippen LogP contribution in [0.1, 0.15) is 12.6 Å². The summed E-state index contributed by atoms with van der Waals surface area (Å²) in [4.78, 5) is 4.04. The van der Waals surface area contributed by atoms with Gasteiger partial charge in [0.25, 0.3) is 0 Å². The van der Waals surface area contributed by atoms with E-state index in [4.69, 9.17) is 0 Å². The van der Waals surface area contributed by atoms with Crippen LogP contribution >= 0.6 is 0 Å². The van der Waals surface area contributed by atoms with Crippen molar-refractivity contribution in [2.24, 2.45) is 0 Å². The van der Waals surface area contributed by atoms with Crippen molar-refractivity contribution in [1.29, 1.82) is 0 Å². The van der Waals surface area contributed by atoms with Gasteiger partial charge in [-0.3, -0.25) is 4.98 Å². The fourth-order valence-electron chi connectivity index (χ4n) is 0.547. The molecular weight excluding hydrogens is 105 g/mol. The van der Waals surface area contributed by atoms with E-state index in [1.807, 2.05) is 31.5 Å². The third-order valence-electron chi connectivity index (χ3n) is 0.984. The second-order valence-electron chi connectivity index (χ2n) is 1.54. The van der Waals surface area contributed by atoms with Crippen molar-refractivity contribution in [2.75, 3.05) is 0 Å². The maximum Gasteiger partial charge on any atom is 1.00 e. The van der Waals surface area contributed by atoms with E-state index < -0.39 is 0 Å². The smallest absolute Gasteiger partial charge is 0.295 e. The Morgan fingerprint density at radius 1 is 1.44 bits per heavy atom. The summed E-state index contributed by atoms with van der Waals surface area (Å²) in [5.41, 5.74) is 1.03. The number of rotatable bonds is 1. The fraction of sp³-hybridized carbons (Fsp3) is 0.143. The first kappa shape index (κ1) is 8.62. The summed E-state index contributed by atoms with van der Waals surface area (Å²) in [6.45, 7) is 1.97. The van der Waals surface area contributed by atoms with E-state index >= 15 is 0 Å². The summed E-state index contributed by atoms with van der Waals surface area (Å²) in [7, 11) is 0. The van der Waals surface area contributed by atoms with Crippen molar-refractivity contribution >= 4 is 0 Å². The zero-order valence-corrected chi connectivity index (χ0v) is 5.83. The number of hydrogen-bond donors (Lipinski definition) is 0. The van der Waals surface area contributed by atoms with Crippen molar-refractivity contribution in [2.45, 2.75) is 6.92 Å². The van der Waals surface area contributed by atoms with Crippen molar-refractivity contribution in [3.63, 3.8) is 0 Å². The Labute approximate surface area is 67.7 Å². The molecule has 0 N–H and O–H groups in total. The van der Waals surface area contributed by atoms with Crippen LogP contribution in [0.3, 0.4) is 0 Å². The van der Waals surface area contributed by atoms with Crippen molar-refractivity contribution < 1.29 is 18.9 Å². The molecule has 1 aromatic heterocycles. The minimum Gasteiger partial charge on any atom is -0.295 e. The van der Waals surface area contributed by atoms with Crippen LogP contribution in [-0.2, 0) is 0 Å². The van der Waals surface area contributed by atoms with Crippen molar-refractivity contribution in [1.82, 2.24) is 4.98 Å². The molecule has 0 bridgehead atoms. The molecule has 0 radical (unpaired) electrons.